The molecule has 2 heterocycles. The predicted octanol–water partition coefficient (Wildman–Crippen LogP) is 7.52. The minimum atomic E-state index is -0.735. The van der Waals surface area contributed by atoms with Crippen molar-refractivity contribution < 1.29 is 18.7 Å². The summed E-state index contributed by atoms with van der Waals surface area (Å²) in [6.45, 7) is 11.1. The normalized spacial score (nSPS) is 13.8. The highest BCUT2D eigenvalue weighted by Gasteiger charge is 2.20. The van der Waals surface area contributed by atoms with E-state index in [4.69, 9.17) is 37.7 Å². The number of nitrogens with zero attached hydrogens (tertiary/aromatic N) is 5. The van der Waals surface area contributed by atoms with Gasteiger partial charge in [-0.25, -0.2) is 14.2 Å². The van der Waals surface area contributed by atoms with Crippen LogP contribution in [-0.2, 0) is 0 Å². The molecule has 0 atom stereocenters. The first-order chi connectivity index (χ1) is 22.0. The number of nitrogens with one attached hydrogen (secondary N) is 1. The van der Waals surface area contributed by atoms with Crippen LogP contribution in [0, 0.1) is 26.6 Å². The van der Waals surface area contributed by atoms with Gasteiger partial charge in [-0.2, -0.15) is 4.98 Å². The maximum atomic E-state index is 15.1. The molecule has 3 aromatic carbocycles. The van der Waals surface area contributed by atoms with Gasteiger partial charge in [0.1, 0.15) is 6.61 Å². The van der Waals surface area contributed by atoms with Gasteiger partial charge in [-0.05, 0) is 74.8 Å². The molecular formula is C34H37Cl2FN6O3. The molecule has 12 heteroatoms. The number of rotatable bonds is 9. The van der Waals surface area contributed by atoms with Crippen molar-refractivity contribution in [2.45, 2.75) is 20.8 Å². The zero-order valence-electron chi connectivity index (χ0n) is 26.5. The summed E-state index contributed by atoms with van der Waals surface area (Å²) in [7, 11) is 3.63. The van der Waals surface area contributed by atoms with Gasteiger partial charge in [0.2, 0.25) is 11.8 Å². The van der Waals surface area contributed by atoms with Crippen LogP contribution in [0.15, 0.2) is 54.6 Å². The Balaban J connectivity index is 1.37. The lowest BCUT2D eigenvalue weighted by molar-refractivity contribution is 0.132. The third-order valence-corrected chi connectivity index (χ3v) is 8.78. The van der Waals surface area contributed by atoms with Crippen LogP contribution in [0.1, 0.15) is 16.7 Å². The first-order valence-corrected chi connectivity index (χ1v) is 15.7. The molecule has 1 aliphatic rings. The summed E-state index contributed by atoms with van der Waals surface area (Å²) in [5.74, 6) is -0.248. The van der Waals surface area contributed by atoms with Gasteiger partial charge in [-0.1, -0.05) is 35.3 Å². The fraction of sp³-hybridized carbons (Fsp3) is 0.324. The zero-order chi connectivity index (χ0) is 33.0. The number of aryl methyl sites for hydroxylation is 1. The summed E-state index contributed by atoms with van der Waals surface area (Å²) in [4.78, 5) is 28.1. The van der Waals surface area contributed by atoms with Crippen LogP contribution in [0.2, 0.25) is 10.0 Å². The van der Waals surface area contributed by atoms with Gasteiger partial charge in [0, 0.05) is 68.2 Å². The van der Waals surface area contributed by atoms with E-state index in [0.29, 0.717) is 33.7 Å². The van der Waals surface area contributed by atoms with E-state index in [0.717, 1.165) is 55.0 Å². The van der Waals surface area contributed by atoms with Crippen LogP contribution in [0.4, 0.5) is 26.5 Å². The van der Waals surface area contributed by atoms with Gasteiger partial charge in [0.15, 0.2) is 11.6 Å². The highest BCUT2D eigenvalue weighted by atomic mass is 35.5. The Labute approximate surface area is 278 Å². The minimum absolute atomic E-state index is 0.00976. The van der Waals surface area contributed by atoms with E-state index < -0.39 is 11.9 Å². The molecule has 0 radical (unpaired) electrons. The highest BCUT2D eigenvalue weighted by Crippen LogP contribution is 2.32. The molecule has 1 aromatic heterocycles. The number of anilines is 3. The second kappa shape index (κ2) is 14.6. The maximum absolute atomic E-state index is 15.1. The molecule has 9 nitrogen and oxygen atoms in total. The van der Waals surface area contributed by atoms with Crippen LogP contribution < -0.4 is 19.7 Å². The van der Waals surface area contributed by atoms with Gasteiger partial charge in [0.25, 0.3) is 0 Å². The first kappa shape index (κ1) is 33.4. The van der Waals surface area contributed by atoms with Crippen LogP contribution >= 0.6 is 23.2 Å². The Hall–Kier alpha value is -3.96. The van der Waals surface area contributed by atoms with Crippen molar-refractivity contribution in [3.8, 4) is 22.9 Å². The fourth-order valence-electron chi connectivity index (χ4n) is 5.08. The van der Waals surface area contributed by atoms with Gasteiger partial charge < -0.3 is 19.7 Å². The standard InChI is InChI=1S/C34H37Cl2FN6O3/c1-21-6-9-26(23(3)22(21)2)29-20-32(46-34(44)42(5)30-18-24(35)7-10-27(30)36)40-33(39-29)38-25-8-11-31(28(37)19-25)45-17-16-43-14-12-41(4)13-15-43/h6-11,18-20H,12-17H2,1-5H3,(H,38,39,40). The molecule has 0 unspecified atom stereocenters. The molecule has 0 spiro atoms. The molecule has 1 amide bonds. The number of halogens is 3. The Morgan fingerprint density at radius 1 is 0.978 bits per heavy atom. The molecule has 1 N–H and O–H groups in total. The second-order valence-electron chi connectivity index (χ2n) is 11.4. The van der Waals surface area contributed by atoms with Gasteiger partial charge in [0.05, 0.1) is 16.4 Å². The minimum Gasteiger partial charge on any atom is -0.489 e. The lowest BCUT2D eigenvalue weighted by Gasteiger charge is -2.32. The zero-order valence-corrected chi connectivity index (χ0v) is 28.0. The van der Waals surface area contributed by atoms with Crippen molar-refractivity contribution in [2.24, 2.45) is 0 Å². The number of hydrogen-bond donors (Lipinski definition) is 1. The highest BCUT2D eigenvalue weighted by molar-refractivity contribution is 6.35. The SMILES string of the molecule is Cc1ccc(-c2cc(OC(=O)N(C)c3cc(Cl)ccc3Cl)nc(Nc3ccc(OCCN4CCN(C)CC4)c(F)c3)n2)c(C)c1C. The number of likely N-dealkylation sites (N-methyl/N-ethyl adjacent to an activating group) is 1. The van der Waals surface area contributed by atoms with Gasteiger partial charge >= 0.3 is 6.09 Å². The number of amides is 1. The van der Waals surface area contributed by atoms with E-state index in [1.54, 1.807) is 36.4 Å². The third-order valence-electron chi connectivity index (χ3n) is 8.22. The second-order valence-corrected chi connectivity index (χ2v) is 12.2. The molecule has 1 fully saturated rings. The number of piperazine rings is 1. The topological polar surface area (TPSA) is 83.1 Å². The van der Waals surface area contributed by atoms with Crippen molar-refractivity contribution in [3.05, 3.63) is 87.2 Å². The van der Waals surface area contributed by atoms with E-state index >= 15 is 4.39 Å². The number of aromatic nitrogens is 2. The number of carbonyl (C=O) groups is 1. The fourth-order valence-corrected chi connectivity index (χ4v) is 5.50. The maximum Gasteiger partial charge on any atom is 0.420 e. The lowest BCUT2D eigenvalue weighted by atomic mass is 9.97. The van der Waals surface area contributed by atoms with Crippen LogP contribution in [-0.4, -0.2) is 79.3 Å². The first-order valence-electron chi connectivity index (χ1n) is 15.0. The molecule has 5 rings (SSSR count). The van der Waals surface area contributed by atoms with E-state index in [-0.39, 0.29) is 17.6 Å². The molecule has 4 aromatic rings. The van der Waals surface area contributed by atoms with Crippen LogP contribution in [0.3, 0.4) is 0 Å². The van der Waals surface area contributed by atoms with Crippen molar-refractivity contribution >= 4 is 46.6 Å². The van der Waals surface area contributed by atoms with E-state index in [9.17, 15) is 4.79 Å². The molecule has 1 aliphatic heterocycles. The van der Waals surface area contributed by atoms with Crippen molar-refractivity contribution in [1.29, 1.82) is 0 Å². The lowest BCUT2D eigenvalue weighted by Crippen LogP contribution is -2.45. The van der Waals surface area contributed by atoms with Crippen molar-refractivity contribution in [1.82, 2.24) is 19.8 Å². The largest absolute Gasteiger partial charge is 0.489 e. The summed E-state index contributed by atoms with van der Waals surface area (Å²) in [6.07, 6.45) is -0.735. The van der Waals surface area contributed by atoms with Gasteiger partial charge in [-0.3, -0.25) is 9.80 Å². The summed E-state index contributed by atoms with van der Waals surface area (Å²) < 4.78 is 26.5. The number of hydrogen-bond acceptors (Lipinski definition) is 8. The van der Waals surface area contributed by atoms with Crippen molar-refractivity contribution in [3.63, 3.8) is 0 Å². The molecule has 46 heavy (non-hydrogen) atoms. The smallest absolute Gasteiger partial charge is 0.420 e. The molecule has 0 bridgehead atoms. The van der Waals surface area contributed by atoms with E-state index in [1.165, 1.54) is 18.0 Å². The molecule has 242 valence electrons. The summed E-state index contributed by atoms with van der Waals surface area (Å²) in [5, 5.41) is 3.80. The number of benzene rings is 3. The van der Waals surface area contributed by atoms with E-state index in [2.05, 4.69) is 27.1 Å². The molecule has 0 saturated carbocycles. The Kier molecular flexibility index (Phi) is 10.6. The summed E-state index contributed by atoms with van der Waals surface area (Å²) >= 11 is 12.4. The number of carbonyl (C=O) groups excluding carboxylic acids is 1. The van der Waals surface area contributed by atoms with Crippen LogP contribution in [0.5, 0.6) is 11.6 Å². The molecule has 0 aliphatic carbocycles. The average Bonchev–Trinajstić information content (AvgIpc) is 3.02. The van der Waals surface area contributed by atoms with Crippen molar-refractivity contribution in [2.75, 3.05) is 63.6 Å². The van der Waals surface area contributed by atoms with Gasteiger partial charge in [-0.15, -0.1) is 0 Å². The van der Waals surface area contributed by atoms with E-state index in [1.807, 2.05) is 32.9 Å². The predicted molar refractivity (Wildman–Crippen MR) is 182 cm³/mol. The summed E-state index contributed by atoms with van der Waals surface area (Å²) in [6, 6.07) is 14.9. The monoisotopic (exact) mass is 666 g/mol. The third kappa shape index (κ3) is 8.06. The quantitative estimate of drug-likeness (QED) is 0.196. The average molecular weight is 668 g/mol. The molecule has 1 saturated heterocycles. The number of ether oxygens (including phenoxy) is 2. The Bertz CT molecular complexity index is 1730. The Morgan fingerprint density at radius 2 is 1.74 bits per heavy atom. The van der Waals surface area contributed by atoms with Crippen LogP contribution in [0.25, 0.3) is 11.3 Å². The summed E-state index contributed by atoms with van der Waals surface area (Å²) in [5.41, 5.74) is 5.41. The molecular weight excluding hydrogens is 630 g/mol. The Morgan fingerprint density at radius 3 is 2.48 bits per heavy atom.